The molecule has 0 fully saturated rings. The maximum Gasteiger partial charge on any atom is 0.342 e. The van der Waals surface area contributed by atoms with Crippen LogP contribution in [0, 0.1) is 10.1 Å². The molecule has 0 bridgehead atoms. The van der Waals surface area contributed by atoms with Crippen LogP contribution in [0.3, 0.4) is 0 Å². The second-order valence-corrected chi connectivity index (χ2v) is 2.11. The van der Waals surface area contributed by atoms with E-state index in [1.807, 2.05) is 0 Å². The average molecular weight is 172 g/mol. The topological polar surface area (TPSA) is 94.9 Å². The molecule has 0 spiro atoms. The Morgan fingerprint density at radius 3 is 2.64 bits per heavy atom. The number of aromatic nitrogens is 2. The van der Waals surface area contributed by atoms with Crippen molar-refractivity contribution in [3.8, 4) is 0 Å². The number of nitrogens with zero attached hydrogens (tertiary/aromatic N) is 3. The van der Waals surface area contributed by atoms with E-state index >= 15 is 0 Å². The summed E-state index contributed by atoms with van der Waals surface area (Å²) >= 11 is 3.73. The van der Waals surface area contributed by atoms with Gasteiger partial charge in [-0.25, -0.2) is 9.97 Å². The van der Waals surface area contributed by atoms with Gasteiger partial charge in [-0.15, -0.1) is 12.6 Å². The van der Waals surface area contributed by atoms with Crippen molar-refractivity contribution in [1.29, 1.82) is 0 Å². The summed E-state index contributed by atoms with van der Waals surface area (Å²) in [4.78, 5) is 16.5. The minimum Gasteiger partial charge on any atom is -0.378 e. The first-order valence-corrected chi connectivity index (χ1v) is 3.01. The number of hydrogen-bond donors (Lipinski definition) is 2. The van der Waals surface area contributed by atoms with Crippen molar-refractivity contribution in [2.45, 2.75) is 5.03 Å². The highest BCUT2D eigenvalue weighted by Crippen LogP contribution is 2.23. The van der Waals surface area contributed by atoms with Crippen LogP contribution in [-0.4, -0.2) is 14.9 Å². The zero-order valence-corrected chi connectivity index (χ0v) is 6.15. The van der Waals surface area contributed by atoms with Gasteiger partial charge >= 0.3 is 5.69 Å². The molecule has 0 radical (unpaired) electrons. The molecule has 7 heteroatoms. The highest BCUT2D eigenvalue weighted by molar-refractivity contribution is 7.80. The monoisotopic (exact) mass is 172 g/mol. The van der Waals surface area contributed by atoms with Crippen LogP contribution in [0.4, 0.5) is 11.5 Å². The van der Waals surface area contributed by atoms with Crippen LogP contribution in [-0.2, 0) is 0 Å². The Hall–Kier alpha value is -1.37. The zero-order valence-electron chi connectivity index (χ0n) is 5.26. The van der Waals surface area contributed by atoms with Crippen LogP contribution in [0.2, 0.25) is 0 Å². The quantitative estimate of drug-likeness (QED) is 0.274. The zero-order chi connectivity index (χ0) is 8.43. The van der Waals surface area contributed by atoms with Gasteiger partial charge in [-0.1, -0.05) is 0 Å². The normalized spacial score (nSPS) is 9.55. The van der Waals surface area contributed by atoms with Gasteiger partial charge in [-0.05, 0) is 0 Å². The molecule has 1 aromatic heterocycles. The summed E-state index contributed by atoms with van der Waals surface area (Å²) < 4.78 is 0. The SMILES string of the molecule is Nc1ncnc(S)c1[N+](=O)[O-]. The van der Waals surface area contributed by atoms with Crippen molar-refractivity contribution in [1.82, 2.24) is 9.97 Å². The molecule has 1 heterocycles. The van der Waals surface area contributed by atoms with Crippen LogP contribution >= 0.6 is 12.6 Å². The van der Waals surface area contributed by atoms with Crippen LogP contribution < -0.4 is 5.73 Å². The summed E-state index contributed by atoms with van der Waals surface area (Å²) in [6, 6.07) is 0. The predicted molar refractivity (Wildman–Crippen MR) is 40.4 cm³/mol. The van der Waals surface area contributed by atoms with Gasteiger partial charge in [-0.2, -0.15) is 0 Å². The summed E-state index contributed by atoms with van der Waals surface area (Å²) in [7, 11) is 0. The minimum absolute atomic E-state index is 0.0255. The number of hydrogen-bond acceptors (Lipinski definition) is 6. The van der Waals surface area contributed by atoms with E-state index in [1.165, 1.54) is 0 Å². The summed E-state index contributed by atoms with van der Waals surface area (Å²) in [5.74, 6) is -0.171. The van der Waals surface area contributed by atoms with E-state index in [1.54, 1.807) is 0 Å². The molecule has 6 nitrogen and oxygen atoms in total. The van der Waals surface area contributed by atoms with Gasteiger partial charge in [0, 0.05) is 0 Å². The molecule has 0 aliphatic rings. The van der Waals surface area contributed by atoms with Crippen LogP contribution in [0.15, 0.2) is 11.4 Å². The summed E-state index contributed by atoms with van der Waals surface area (Å²) in [5.41, 5.74) is 4.83. The lowest BCUT2D eigenvalue weighted by Gasteiger charge is -1.95. The Kier molecular flexibility index (Phi) is 1.90. The van der Waals surface area contributed by atoms with E-state index in [0.717, 1.165) is 6.33 Å². The third-order valence-corrected chi connectivity index (χ3v) is 1.34. The third kappa shape index (κ3) is 1.37. The van der Waals surface area contributed by atoms with Gasteiger partial charge < -0.3 is 5.73 Å². The molecule has 0 aromatic carbocycles. The maximum atomic E-state index is 10.2. The number of anilines is 1. The smallest absolute Gasteiger partial charge is 0.342 e. The summed E-state index contributed by atoms with van der Waals surface area (Å²) in [6.07, 6.45) is 1.12. The van der Waals surface area contributed by atoms with Gasteiger partial charge in [0.15, 0.2) is 5.03 Å². The summed E-state index contributed by atoms with van der Waals surface area (Å²) in [6.45, 7) is 0. The summed E-state index contributed by atoms with van der Waals surface area (Å²) in [5, 5.41) is 10.2. The number of rotatable bonds is 1. The molecule has 0 aliphatic heterocycles. The fourth-order valence-electron chi connectivity index (χ4n) is 0.558. The molecule has 0 unspecified atom stereocenters. The molecule has 0 atom stereocenters. The molecule has 0 saturated heterocycles. The molecule has 0 amide bonds. The lowest BCUT2D eigenvalue weighted by Crippen LogP contribution is -2.00. The number of thiol groups is 1. The Morgan fingerprint density at radius 1 is 1.64 bits per heavy atom. The molecule has 1 rings (SSSR count). The first-order valence-electron chi connectivity index (χ1n) is 2.56. The second-order valence-electron chi connectivity index (χ2n) is 1.69. The second kappa shape index (κ2) is 2.70. The highest BCUT2D eigenvalue weighted by Gasteiger charge is 2.17. The van der Waals surface area contributed by atoms with Crippen molar-refractivity contribution >= 4 is 24.1 Å². The first-order chi connectivity index (χ1) is 5.13. The van der Waals surface area contributed by atoms with Crippen molar-refractivity contribution in [2.24, 2.45) is 0 Å². The van der Waals surface area contributed by atoms with E-state index in [-0.39, 0.29) is 16.5 Å². The van der Waals surface area contributed by atoms with Crippen molar-refractivity contribution in [3.05, 3.63) is 16.4 Å². The molecule has 0 saturated carbocycles. The average Bonchev–Trinajstić information content (AvgIpc) is 1.85. The Balaban J connectivity index is 3.32. The van der Waals surface area contributed by atoms with Crippen LogP contribution in [0.1, 0.15) is 0 Å². The van der Waals surface area contributed by atoms with Gasteiger partial charge in [0.1, 0.15) is 6.33 Å². The van der Waals surface area contributed by atoms with Crippen molar-refractivity contribution in [3.63, 3.8) is 0 Å². The van der Waals surface area contributed by atoms with E-state index in [2.05, 4.69) is 22.6 Å². The maximum absolute atomic E-state index is 10.2. The molecule has 11 heavy (non-hydrogen) atoms. The van der Waals surface area contributed by atoms with E-state index < -0.39 is 4.92 Å². The standard InChI is InChI=1S/C4H4N4O2S/c5-3-2(8(9)10)4(11)7-1-6-3/h1H,(H3,5,6,7,11). The Labute approximate surface area is 67.0 Å². The van der Waals surface area contributed by atoms with Gasteiger partial charge in [-0.3, -0.25) is 10.1 Å². The minimum atomic E-state index is -0.669. The predicted octanol–water partition coefficient (Wildman–Crippen LogP) is 0.256. The Bertz CT molecular complexity index is 282. The molecule has 0 aliphatic carbocycles. The lowest BCUT2D eigenvalue weighted by atomic mass is 10.5. The van der Waals surface area contributed by atoms with E-state index in [0.29, 0.717) is 0 Å². The first kappa shape index (κ1) is 7.73. The fraction of sp³-hybridized carbons (Fsp3) is 0. The highest BCUT2D eigenvalue weighted by atomic mass is 32.1. The molecular formula is C4H4N4O2S. The van der Waals surface area contributed by atoms with Crippen LogP contribution in [0.25, 0.3) is 0 Å². The van der Waals surface area contributed by atoms with E-state index in [9.17, 15) is 10.1 Å². The largest absolute Gasteiger partial charge is 0.378 e. The molecule has 1 aromatic rings. The van der Waals surface area contributed by atoms with Gasteiger partial charge in [0.2, 0.25) is 5.82 Å². The Morgan fingerprint density at radius 2 is 2.27 bits per heavy atom. The lowest BCUT2D eigenvalue weighted by molar-refractivity contribution is -0.387. The molecule has 2 N–H and O–H groups in total. The van der Waals surface area contributed by atoms with E-state index in [4.69, 9.17) is 5.73 Å². The van der Waals surface area contributed by atoms with Gasteiger partial charge in [0.25, 0.3) is 0 Å². The number of nitrogens with two attached hydrogens (primary N) is 1. The number of nitro groups is 1. The van der Waals surface area contributed by atoms with Crippen molar-refractivity contribution < 1.29 is 4.92 Å². The number of nitrogen functional groups attached to an aromatic ring is 1. The third-order valence-electron chi connectivity index (χ3n) is 1.01. The fourth-order valence-corrected chi connectivity index (χ4v) is 0.806. The molecule has 58 valence electrons. The van der Waals surface area contributed by atoms with Crippen LogP contribution in [0.5, 0.6) is 0 Å². The van der Waals surface area contributed by atoms with Crippen molar-refractivity contribution in [2.75, 3.05) is 5.73 Å². The van der Waals surface area contributed by atoms with Gasteiger partial charge in [0.05, 0.1) is 4.92 Å². The molecular weight excluding hydrogens is 168 g/mol.